The van der Waals surface area contributed by atoms with E-state index in [0.717, 1.165) is 45.3 Å². The van der Waals surface area contributed by atoms with Gasteiger partial charge >= 0.3 is 6.03 Å². The quantitative estimate of drug-likeness (QED) is 0.488. The smallest absolute Gasteiger partial charge is 0.324 e. The zero-order valence-corrected chi connectivity index (χ0v) is 19.0. The molecule has 1 aliphatic carbocycles. The highest BCUT2D eigenvalue weighted by Gasteiger charge is 2.31. The number of nitrogens with zero attached hydrogens (tertiary/aromatic N) is 2. The molecule has 0 aliphatic heterocycles. The Labute approximate surface area is 177 Å². The zero-order valence-electron chi connectivity index (χ0n) is 19.0. The molecule has 0 aromatic rings. The number of Topliss-reactive ketones (excluding diaryl/α,β-unsaturated/α-hetero) is 1. The molecule has 0 saturated heterocycles. The molecule has 1 rings (SSSR count). The molecule has 0 radical (unpaired) electrons. The number of ketones is 1. The van der Waals surface area contributed by atoms with Crippen LogP contribution in [0.3, 0.4) is 0 Å². The largest absolute Gasteiger partial charge is 0.336 e. The first-order chi connectivity index (χ1) is 14.0. The second kappa shape index (κ2) is 14.5. The van der Waals surface area contributed by atoms with Gasteiger partial charge in [-0.05, 0) is 51.7 Å². The lowest BCUT2D eigenvalue weighted by Crippen LogP contribution is -2.50. The topological polar surface area (TPSA) is 81.8 Å². The normalized spacial score (nSPS) is 18.0. The fraction of sp³-hybridized carbons (Fsp3) is 0.864. The average molecular weight is 411 g/mol. The van der Waals surface area contributed by atoms with Crippen molar-refractivity contribution in [3.8, 4) is 0 Å². The van der Waals surface area contributed by atoms with Crippen LogP contribution in [0.4, 0.5) is 4.79 Å². The molecule has 7 nitrogen and oxygen atoms in total. The zero-order chi connectivity index (χ0) is 21.6. The van der Waals surface area contributed by atoms with E-state index in [0.29, 0.717) is 44.7 Å². The predicted molar refractivity (Wildman–Crippen MR) is 117 cm³/mol. The summed E-state index contributed by atoms with van der Waals surface area (Å²) in [4.78, 5) is 41.5. The summed E-state index contributed by atoms with van der Waals surface area (Å²) < 4.78 is 0. The molecule has 0 aromatic heterocycles. The van der Waals surface area contributed by atoms with Crippen molar-refractivity contribution in [2.24, 2.45) is 11.8 Å². The third-order valence-electron chi connectivity index (χ3n) is 5.85. The van der Waals surface area contributed by atoms with Gasteiger partial charge < -0.3 is 15.5 Å². The standard InChI is InChI=1S/C22H42N4O3/c1-5-8-13-26(22(29)24-12-14-25(6-2)7-3)21(28)19(17-23-4)15-18-10-9-11-20(27)16-18/h18-19,23H,5-17H2,1-4H3,(H,24,29)/t18-,19-/m1/s1. The van der Waals surface area contributed by atoms with Crippen molar-refractivity contribution in [1.29, 1.82) is 0 Å². The lowest BCUT2D eigenvalue weighted by atomic mass is 9.81. The molecule has 3 amide bonds. The van der Waals surface area contributed by atoms with Gasteiger partial charge in [0.15, 0.2) is 0 Å². The van der Waals surface area contributed by atoms with Crippen LogP contribution in [0.2, 0.25) is 0 Å². The summed E-state index contributed by atoms with van der Waals surface area (Å²) >= 11 is 0. The van der Waals surface area contributed by atoms with Crippen LogP contribution in [0.15, 0.2) is 0 Å². The monoisotopic (exact) mass is 410 g/mol. The second-order valence-electron chi connectivity index (χ2n) is 8.09. The molecule has 2 N–H and O–H groups in total. The number of nitrogens with one attached hydrogen (secondary N) is 2. The van der Waals surface area contributed by atoms with Crippen molar-refractivity contribution in [1.82, 2.24) is 20.4 Å². The highest BCUT2D eigenvalue weighted by Crippen LogP contribution is 2.28. The van der Waals surface area contributed by atoms with Gasteiger partial charge in [-0.2, -0.15) is 0 Å². The third kappa shape index (κ3) is 9.26. The number of likely N-dealkylation sites (N-methyl/N-ethyl adjacent to an activating group) is 1. The van der Waals surface area contributed by atoms with E-state index < -0.39 is 0 Å². The maximum Gasteiger partial charge on any atom is 0.324 e. The molecular formula is C22H42N4O3. The number of amides is 3. The predicted octanol–water partition coefficient (Wildman–Crippen LogP) is 2.65. The fourth-order valence-corrected chi connectivity index (χ4v) is 4.04. The van der Waals surface area contributed by atoms with Gasteiger partial charge in [-0.25, -0.2) is 4.79 Å². The van der Waals surface area contributed by atoms with E-state index in [-0.39, 0.29) is 23.8 Å². The molecule has 1 fully saturated rings. The van der Waals surface area contributed by atoms with Gasteiger partial charge in [0.05, 0.1) is 5.92 Å². The fourth-order valence-electron chi connectivity index (χ4n) is 4.04. The van der Waals surface area contributed by atoms with Gasteiger partial charge in [-0.1, -0.05) is 27.2 Å². The maximum absolute atomic E-state index is 13.3. The van der Waals surface area contributed by atoms with E-state index in [9.17, 15) is 14.4 Å². The van der Waals surface area contributed by atoms with E-state index in [1.807, 2.05) is 7.05 Å². The van der Waals surface area contributed by atoms with Gasteiger partial charge in [0.25, 0.3) is 0 Å². The average Bonchev–Trinajstić information content (AvgIpc) is 2.71. The van der Waals surface area contributed by atoms with Crippen LogP contribution in [-0.2, 0) is 9.59 Å². The highest BCUT2D eigenvalue weighted by molar-refractivity contribution is 5.95. The minimum absolute atomic E-state index is 0.119. The summed E-state index contributed by atoms with van der Waals surface area (Å²) in [6, 6.07) is -0.295. The molecule has 1 aliphatic rings. The summed E-state index contributed by atoms with van der Waals surface area (Å²) in [5.74, 6) is 0.152. The Balaban J connectivity index is 2.75. The number of rotatable bonds is 13. The number of hydrogen-bond donors (Lipinski definition) is 2. The van der Waals surface area contributed by atoms with Crippen molar-refractivity contribution >= 4 is 17.7 Å². The number of imide groups is 1. The Kier molecular flexibility index (Phi) is 12.8. The Morgan fingerprint density at radius 2 is 1.90 bits per heavy atom. The van der Waals surface area contributed by atoms with Crippen LogP contribution in [0, 0.1) is 11.8 Å². The van der Waals surface area contributed by atoms with Gasteiger partial charge in [0.2, 0.25) is 5.91 Å². The molecule has 0 aromatic carbocycles. The molecule has 2 atom stereocenters. The summed E-state index contributed by atoms with van der Waals surface area (Å²) in [5.41, 5.74) is 0. The third-order valence-corrected chi connectivity index (χ3v) is 5.85. The number of unbranched alkanes of at least 4 members (excludes halogenated alkanes) is 1. The van der Waals surface area contributed by atoms with Crippen molar-refractivity contribution in [2.45, 2.75) is 65.7 Å². The van der Waals surface area contributed by atoms with E-state index in [4.69, 9.17) is 0 Å². The molecule has 7 heteroatoms. The summed E-state index contributed by atoms with van der Waals surface area (Å²) in [6.07, 6.45) is 5.52. The van der Waals surface area contributed by atoms with Gasteiger partial charge in [-0.3, -0.25) is 14.5 Å². The Bertz CT molecular complexity index is 508. The molecule has 1 saturated carbocycles. The first-order valence-corrected chi connectivity index (χ1v) is 11.4. The Morgan fingerprint density at radius 1 is 1.17 bits per heavy atom. The molecule has 0 bridgehead atoms. The molecule has 29 heavy (non-hydrogen) atoms. The Hall–Kier alpha value is -1.47. The van der Waals surface area contributed by atoms with Crippen LogP contribution in [0.1, 0.15) is 65.7 Å². The molecule has 0 spiro atoms. The van der Waals surface area contributed by atoms with E-state index >= 15 is 0 Å². The summed E-state index contributed by atoms with van der Waals surface area (Å²) in [6.45, 7) is 10.4. The lowest BCUT2D eigenvalue weighted by Gasteiger charge is -2.30. The van der Waals surface area contributed by atoms with E-state index in [2.05, 4.69) is 36.3 Å². The van der Waals surface area contributed by atoms with Gasteiger partial charge in [0.1, 0.15) is 5.78 Å². The summed E-state index contributed by atoms with van der Waals surface area (Å²) in [5, 5.41) is 6.03. The van der Waals surface area contributed by atoms with Crippen LogP contribution < -0.4 is 10.6 Å². The molecule has 0 heterocycles. The first-order valence-electron chi connectivity index (χ1n) is 11.4. The second-order valence-corrected chi connectivity index (χ2v) is 8.09. The number of carbonyl (C=O) groups excluding carboxylic acids is 3. The SMILES string of the molecule is CCCCN(C(=O)NCCN(CC)CC)C(=O)[C@@H](CNC)C[C@H]1CCCC(=O)C1. The highest BCUT2D eigenvalue weighted by atomic mass is 16.2. The minimum Gasteiger partial charge on any atom is -0.336 e. The molecule has 0 unspecified atom stereocenters. The maximum atomic E-state index is 13.3. The van der Waals surface area contributed by atoms with Crippen LogP contribution in [0.5, 0.6) is 0 Å². The minimum atomic E-state index is -0.295. The number of carbonyl (C=O) groups is 3. The summed E-state index contributed by atoms with van der Waals surface area (Å²) in [7, 11) is 1.83. The lowest BCUT2D eigenvalue weighted by molar-refractivity contribution is -0.133. The van der Waals surface area contributed by atoms with Gasteiger partial charge in [0, 0.05) is 39.0 Å². The Morgan fingerprint density at radius 3 is 2.48 bits per heavy atom. The molecule has 168 valence electrons. The number of hydrogen-bond acceptors (Lipinski definition) is 5. The van der Waals surface area contributed by atoms with Crippen molar-refractivity contribution in [3.63, 3.8) is 0 Å². The van der Waals surface area contributed by atoms with E-state index in [1.54, 1.807) is 0 Å². The van der Waals surface area contributed by atoms with Crippen LogP contribution in [-0.4, -0.2) is 73.8 Å². The number of urea groups is 1. The van der Waals surface area contributed by atoms with Crippen molar-refractivity contribution in [3.05, 3.63) is 0 Å². The van der Waals surface area contributed by atoms with E-state index in [1.165, 1.54) is 4.90 Å². The van der Waals surface area contributed by atoms with Gasteiger partial charge in [-0.15, -0.1) is 0 Å². The van der Waals surface area contributed by atoms with Crippen LogP contribution in [0.25, 0.3) is 0 Å². The van der Waals surface area contributed by atoms with Crippen LogP contribution >= 0.6 is 0 Å². The first kappa shape index (κ1) is 25.6. The molecular weight excluding hydrogens is 368 g/mol. The van der Waals surface area contributed by atoms with Crippen molar-refractivity contribution in [2.75, 3.05) is 46.3 Å². The van der Waals surface area contributed by atoms with Crippen molar-refractivity contribution < 1.29 is 14.4 Å².